The van der Waals surface area contributed by atoms with E-state index in [0.717, 1.165) is 0 Å². The number of alkyl carbamates (subject to hydrolysis) is 1. The SMILES string of the molecule is CCOC(=O)NC(=O)COC(=O)COc1cc(Cl)c(Cl)cc1Cl. The Bertz CT molecular complexity index is 608. The predicted molar refractivity (Wildman–Crippen MR) is 83.1 cm³/mol. The van der Waals surface area contributed by atoms with Crippen molar-refractivity contribution in [3.8, 4) is 5.75 Å². The van der Waals surface area contributed by atoms with Crippen LogP contribution in [0.15, 0.2) is 12.1 Å². The number of carbonyl (C=O) groups excluding carboxylic acids is 3. The second-order valence-corrected chi connectivity index (χ2v) is 5.14. The van der Waals surface area contributed by atoms with Gasteiger partial charge in [0.1, 0.15) is 5.75 Å². The van der Waals surface area contributed by atoms with Gasteiger partial charge in [0.25, 0.3) is 5.91 Å². The van der Waals surface area contributed by atoms with E-state index in [1.807, 2.05) is 5.32 Å². The zero-order valence-electron chi connectivity index (χ0n) is 11.9. The molecule has 23 heavy (non-hydrogen) atoms. The van der Waals surface area contributed by atoms with Crippen LogP contribution in [0.5, 0.6) is 5.75 Å². The Morgan fingerprint density at radius 2 is 1.65 bits per heavy atom. The molecule has 0 saturated carbocycles. The van der Waals surface area contributed by atoms with E-state index >= 15 is 0 Å². The highest BCUT2D eigenvalue weighted by Gasteiger charge is 2.13. The number of ether oxygens (including phenoxy) is 3. The fourth-order valence-electron chi connectivity index (χ4n) is 1.26. The van der Waals surface area contributed by atoms with Crippen LogP contribution in [-0.2, 0) is 19.1 Å². The minimum Gasteiger partial charge on any atom is -0.480 e. The number of halogens is 3. The number of amides is 2. The molecule has 1 rings (SSSR count). The summed E-state index contributed by atoms with van der Waals surface area (Å²) in [7, 11) is 0. The molecule has 2 amide bonds. The Kier molecular flexibility index (Phi) is 7.94. The Morgan fingerprint density at radius 3 is 2.30 bits per heavy atom. The van der Waals surface area contributed by atoms with E-state index in [-0.39, 0.29) is 27.4 Å². The first-order valence-electron chi connectivity index (χ1n) is 6.23. The number of esters is 1. The molecule has 126 valence electrons. The summed E-state index contributed by atoms with van der Waals surface area (Å²) in [5.74, 6) is -1.54. The lowest BCUT2D eigenvalue weighted by molar-refractivity contribution is -0.150. The molecule has 0 bridgehead atoms. The quantitative estimate of drug-likeness (QED) is 0.599. The fourth-order valence-corrected chi connectivity index (χ4v) is 1.85. The van der Waals surface area contributed by atoms with Crippen molar-refractivity contribution in [1.29, 1.82) is 0 Å². The average molecular weight is 385 g/mol. The molecular weight excluding hydrogens is 373 g/mol. The molecule has 0 fully saturated rings. The number of nitrogens with one attached hydrogen (secondary N) is 1. The number of hydrogen-bond acceptors (Lipinski definition) is 6. The van der Waals surface area contributed by atoms with Crippen LogP contribution in [0.3, 0.4) is 0 Å². The van der Waals surface area contributed by atoms with Crippen LogP contribution in [0.1, 0.15) is 6.92 Å². The van der Waals surface area contributed by atoms with Gasteiger partial charge in [-0.25, -0.2) is 9.59 Å². The van der Waals surface area contributed by atoms with Crippen molar-refractivity contribution in [3.05, 3.63) is 27.2 Å². The monoisotopic (exact) mass is 383 g/mol. The van der Waals surface area contributed by atoms with Crippen molar-refractivity contribution < 1.29 is 28.6 Å². The van der Waals surface area contributed by atoms with Gasteiger partial charge in [0, 0.05) is 6.07 Å². The first-order valence-corrected chi connectivity index (χ1v) is 7.36. The number of imide groups is 1. The Balaban J connectivity index is 2.39. The van der Waals surface area contributed by atoms with Crippen LogP contribution >= 0.6 is 34.8 Å². The van der Waals surface area contributed by atoms with E-state index < -0.39 is 31.2 Å². The summed E-state index contributed by atoms with van der Waals surface area (Å²) in [6.45, 7) is 0.521. The van der Waals surface area contributed by atoms with E-state index in [1.165, 1.54) is 12.1 Å². The summed E-state index contributed by atoms with van der Waals surface area (Å²) in [6.07, 6.45) is -0.924. The van der Waals surface area contributed by atoms with Gasteiger partial charge in [0.15, 0.2) is 13.2 Å². The zero-order chi connectivity index (χ0) is 17.4. The molecular formula is C13H12Cl3NO6. The third-order valence-corrected chi connectivity index (χ3v) is 3.22. The molecule has 10 heteroatoms. The summed E-state index contributed by atoms with van der Waals surface area (Å²) >= 11 is 17.4. The van der Waals surface area contributed by atoms with Crippen molar-refractivity contribution >= 4 is 52.8 Å². The molecule has 0 saturated heterocycles. The maximum absolute atomic E-state index is 11.4. The van der Waals surface area contributed by atoms with Gasteiger partial charge in [-0.1, -0.05) is 34.8 Å². The number of carbonyl (C=O) groups is 3. The molecule has 0 heterocycles. The summed E-state index contributed by atoms with van der Waals surface area (Å²) in [4.78, 5) is 33.7. The summed E-state index contributed by atoms with van der Waals surface area (Å²) in [5, 5.41) is 2.46. The van der Waals surface area contributed by atoms with E-state index in [9.17, 15) is 14.4 Å². The normalized spacial score (nSPS) is 9.91. The van der Waals surface area contributed by atoms with Gasteiger partial charge in [-0.3, -0.25) is 10.1 Å². The third-order valence-electron chi connectivity index (χ3n) is 2.20. The Labute approximate surface area is 146 Å². The zero-order valence-corrected chi connectivity index (χ0v) is 14.1. The molecule has 0 unspecified atom stereocenters. The van der Waals surface area contributed by atoms with Gasteiger partial charge in [0.2, 0.25) is 0 Å². The van der Waals surface area contributed by atoms with Gasteiger partial charge in [-0.15, -0.1) is 0 Å². The second-order valence-electron chi connectivity index (χ2n) is 3.91. The van der Waals surface area contributed by atoms with Crippen LogP contribution in [0.25, 0.3) is 0 Å². The van der Waals surface area contributed by atoms with Gasteiger partial charge in [-0.2, -0.15) is 0 Å². The second kappa shape index (κ2) is 9.44. The lowest BCUT2D eigenvalue weighted by Gasteiger charge is -2.09. The lowest BCUT2D eigenvalue weighted by atomic mass is 10.3. The predicted octanol–water partition coefficient (Wildman–Crippen LogP) is 2.84. The van der Waals surface area contributed by atoms with Gasteiger partial charge < -0.3 is 14.2 Å². The number of hydrogen-bond donors (Lipinski definition) is 1. The van der Waals surface area contributed by atoms with Gasteiger partial charge in [-0.05, 0) is 13.0 Å². The van der Waals surface area contributed by atoms with Crippen molar-refractivity contribution in [3.63, 3.8) is 0 Å². The highest BCUT2D eigenvalue weighted by Crippen LogP contribution is 2.33. The third kappa shape index (κ3) is 6.94. The number of benzene rings is 1. The Morgan fingerprint density at radius 1 is 1.00 bits per heavy atom. The molecule has 7 nitrogen and oxygen atoms in total. The van der Waals surface area contributed by atoms with E-state index in [1.54, 1.807) is 6.92 Å². The summed E-state index contributed by atoms with van der Waals surface area (Å²) in [6, 6.07) is 2.70. The molecule has 1 aromatic rings. The highest BCUT2D eigenvalue weighted by atomic mass is 35.5. The van der Waals surface area contributed by atoms with Crippen LogP contribution in [0.2, 0.25) is 15.1 Å². The van der Waals surface area contributed by atoms with Crippen molar-refractivity contribution in [2.24, 2.45) is 0 Å². The lowest BCUT2D eigenvalue weighted by Crippen LogP contribution is -2.35. The molecule has 0 atom stereocenters. The molecule has 0 aromatic heterocycles. The smallest absolute Gasteiger partial charge is 0.413 e. The van der Waals surface area contributed by atoms with E-state index in [0.29, 0.717) is 0 Å². The molecule has 0 radical (unpaired) electrons. The maximum Gasteiger partial charge on any atom is 0.413 e. The molecule has 0 spiro atoms. The Hall–Kier alpha value is -1.70. The van der Waals surface area contributed by atoms with E-state index in [2.05, 4.69) is 9.47 Å². The minimum atomic E-state index is -0.924. The van der Waals surface area contributed by atoms with Crippen molar-refractivity contribution in [2.45, 2.75) is 6.92 Å². The molecule has 0 aliphatic heterocycles. The largest absolute Gasteiger partial charge is 0.480 e. The maximum atomic E-state index is 11.4. The average Bonchev–Trinajstić information content (AvgIpc) is 2.47. The first-order chi connectivity index (χ1) is 10.8. The topological polar surface area (TPSA) is 90.9 Å². The van der Waals surface area contributed by atoms with E-state index in [4.69, 9.17) is 39.5 Å². The summed E-state index contributed by atoms with van der Waals surface area (Å²) in [5.41, 5.74) is 0. The van der Waals surface area contributed by atoms with Gasteiger partial charge in [0.05, 0.1) is 21.7 Å². The summed E-state index contributed by atoms with van der Waals surface area (Å²) < 4.78 is 14.2. The molecule has 0 aliphatic carbocycles. The van der Waals surface area contributed by atoms with Crippen LogP contribution in [0, 0.1) is 0 Å². The molecule has 1 aromatic carbocycles. The minimum absolute atomic E-state index is 0.108. The standard InChI is InChI=1S/C13H12Cl3NO6/c1-2-21-13(20)17-11(18)5-23-12(19)6-22-10-4-8(15)7(14)3-9(10)16/h3-4H,2,5-6H2,1H3,(H,17,18,20). The molecule has 1 N–H and O–H groups in total. The van der Waals surface area contributed by atoms with Crippen LogP contribution in [0.4, 0.5) is 4.79 Å². The highest BCUT2D eigenvalue weighted by molar-refractivity contribution is 6.43. The molecule has 0 aliphatic rings. The van der Waals surface area contributed by atoms with Crippen LogP contribution in [-0.4, -0.2) is 37.8 Å². The van der Waals surface area contributed by atoms with Gasteiger partial charge >= 0.3 is 12.1 Å². The first kappa shape index (κ1) is 19.3. The van der Waals surface area contributed by atoms with Crippen molar-refractivity contribution in [2.75, 3.05) is 19.8 Å². The van der Waals surface area contributed by atoms with Crippen molar-refractivity contribution in [1.82, 2.24) is 5.32 Å². The van der Waals surface area contributed by atoms with Crippen LogP contribution < -0.4 is 10.1 Å². The fraction of sp³-hybridized carbons (Fsp3) is 0.308. The number of rotatable bonds is 6.